The molecule has 3 amide bonds. The van der Waals surface area contributed by atoms with Crippen molar-refractivity contribution >= 4 is 58.2 Å². The Kier molecular flexibility index (Phi) is 9.19. The lowest BCUT2D eigenvalue weighted by Gasteiger charge is -2.30. The van der Waals surface area contributed by atoms with E-state index in [-0.39, 0.29) is 24.0 Å². The summed E-state index contributed by atoms with van der Waals surface area (Å²) in [7, 11) is 0. The van der Waals surface area contributed by atoms with Gasteiger partial charge in [0, 0.05) is 16.5 Å². The number of fused-ring (bicyclic) bond motifs is 2. The highest BCUT2D eigenvalue weighted by Gasteiger charge is 2.56. The molecule has 3 atom stereocenters. The maximum atomic E-state index is 14.1. The summed E-state index contributed by atoms with van der Waals surface area (Å²) in [5.74, 6) is -2.45. The number of anilines is 2. The molecule has 1 saturated heterocycles. The van der Waals surface area contributed by atoms with E-state index in [1.54, 1.807) is 37.3 Å². The molecular weight excluding hydrogens is 643 g/mol. The average molecular weight is 674 g/mol. The van der Waals surface area contributed by atoms with E-state index < -0.39 is 34.9 Å². The number of carbonyl (C=O) groups excluding carboxylic acids is 4. The van der Waals surface area contributed by atoms with Gasteiger partial charge in [-0.1, -0.05) is 47.4 Å². The van der Waals surface area contributed by atoms with Crippen LogP contribution in [0, 0.1) is 12.8 Å². The summed E-state index contributed by atoms with van der Waals surface area (Å²) >= 11 is 2.17. The fourth-order valence-corrected chi connectivity index (χ4v) is 8.26. The summed E-state index contributed by atoms with van der Waals surface area (Å²) in [4.78, 5) is 69.6. The van der Waals surface area contributed by atoms with Crippen LogP contribution in [0.25, 0.3) is 0 Å². The molecule has 1 aromatic heterocycles. The average Bonchev–Trinajstić information content (AvgIpc) is 3.55. The Bertz CT molecular complexity index is 1920. The number of aryl methyl sites for hydroxylation is 1. The van der Waals surface area contributed by atoms with E-state index in [9.17, 15) is 24.0 Å². The predicted octanol–water partition coefficient (Wildman–Crippen LogP) is 5.13. The molecule has 242 valence electrons. The molecule has 0 unspecified atom stereocenters. The third kappa shape index (κ3) is 6.28. The van der Waals surface area contributed by atoms with E-state index in [0.717, 1.165) is 21.8 Å². The van der Waals surface area contributed by atoms with Crippen molar-refractivity contribution in [3.63, 3.8) is 0 Å². The number of H-pyrrole nitrogens is 1. The van der Waals surface area contributed by atoms with Gasteiger partial charge in [0.2, 0.25) is 11.8 Å². The van der Waals surface area contributed by atoms with E-state index >= 15 is 0 Å². The van der Waals surface area contributed by atoms with Gasteiger partial charge in [0.1, 0.15) is 5.25 Å². The van der Waals surface area contributed by atoms with E-state index in [0.29, 0.717) is 50.5 Å². The first-order valence-electron chi connectivity index (χ1n) is 15.0. The number of hydrogen-bond acceptors (Lipinski definition) is 10. The highest BCUT2D eigenvalue weighted by molar-refractivity contribution is 8.00. The van der Waals surface area contributed by atoms with Gasteiger partial charge in [-0.05, 0) is 74.4 Å². The van der Waals surface area contributed by atoms with Gasteiger partial charge >= 0.3 is 10.8 Å². The van der Waals surface area contributed by atoms with Crippen LogP contribution in [0.15, 0.2) is 76.6 Å². The topological polar surface area (TPSA) is 144 Å². The number of aromatic nitrogens is 1. The van der Waals surface area contributed by atoms with Gasteiger partial charge in [-0.15, -0.1) is 0 Å². The molecule has 3 heterocycles. The van der Waals surface area contributed by atoms with Crippen molar-refractivity contribution in [1.82, 2.24) is 4.98 Å². The molecule has 13 heteroatoms. The number of aromatic amines is 1. The Morgan fingerprint density at radius 2 is 1.68 bits per heavy atom. The van der Waals surface area contributed by atoms with Crippen molar-refractivity contribution in [2.75, 3.05) is 30.0 Å². The van der Waals surface area contributed by atoms with Crippen LogP contribution in [0.1, 0.15) is 46.1 Å². The second-order valence-electron chi connectivity index (χ2n) is 10.8. The second-order valence-corrected chi connectivity index (χ2v) is 13.0. The third-order valence-electron chi connectivity index (χ3n) is 7.87. The fourth-order valence-electron chi connectivity index (χ4n) is 5.74. The molecule has 0 aliphatic carbocycles. The third-order valence-corrected chi connectivity index (χ3v) is 10.3. The van der Waals surface area contributed by atoms with Crippen LogP contribution in [-0.4, -0.2) is 53.7 Å². The molecule has 11 nitrogen and oxygen atoms in total. The van der Waals surface area contributed by atoms with Crippen LogP contribution in [-0.2, 0) is 19.1 Å². The molecular formula is C34H31N3O8S2. The first-order valence-corrected chi connectivity index (χ1v) is 16.7. The minimum atomic E-state index is -0.822. The summed E-state index contributed by atoms with van der Waals surface area (Å²) in [6, 6.07) is 18.7. The molecule has 2 aliphatic rings. The number of amides is 3. The molecule has 1 fully saturated rings. The predicted molar refractivity (Wildman–Crippen MR) is 178 cm³/mol. The molecule has 47 heavy (non-hydrogen) atoms. The fraction of sp³-hybridized carbons (Fsp3) is 0.265. The largest absolute Gasteiger partial charge is 0.490 e. The minimum absolute atomic E-state index is 0.222. The van der Waals surface area contributed by atoms with E-state index in [2.05, 4.69) is 10.3 Å². The van der Waals surface area contributed by atoms with Gasteiger partial charge in [0.15, 0.2) is 18.1 Å². The Hall–Kier alpha value is -4.88. The van der Waals surface area contributed by atoms with Gasteiger partial charge in [0.25, 0.3) is 5.91 Å². The van der Waals surface area contributed by atoms with Gasteiger partial charge in [-0.2, -0.15) is 0 Å². The van der Waals surface area contributed by atoms with Crippen LogP contribution in [0.3, 0.4) is 0 Å². The lowest BCUT2D eigenvalue weighted by atomic mass is 9.83. The Labute approximate surface area is 278 Å². The van der Waals surface area contributed by atoms with E-state index in [1.807, 2.05) is 38.1 Å². The normalized spacial score (nSPS) is 18.4. The lowest BCUT2D eigenvalue weighted by molar-refractivity contribution is -0.122. The zero-order valence-electron chi connectivity index (χ0n) is 25.7. The number of thioether (sulfide) groups is 1. The van der Waals surface area contributed by atoms with Crippen molar-refractivity contribution in [3.8, 4) is 11.5 Å². The number of ether oxygens (including phenoxy) is 3. The SMILES string of the molecule is CCOC(=O)c1ccc(N2C(=O)[C@H]3[C@H](c4ccc(OCC(=O)Nc5ccccc5C)c(OCC)c4)c4sc(=O)[nH]c4S[C@H]3C2=O)cc1. The number of esters is 1. The molecule has 2 aliphatic heterocycles. The number of nitrogens with one attached hydrogen (secondary N) is 2. The Morgan fingerprint density at radius 1 is 0.915 bits per heavy atom. The molecule has 0 spiro atoms. The summed E-state index contributed by atoms with van der Waals surface area (Å²) in [5, 5.41) is 2.58. The maximum Gasteiger partial charge on any atom is 0.338 e. The molecule has 2 N–H and O–H groups in total. The highest BCUT2D eigenvalue weighted by Crippen LogP contribution is 2.53. The van der Waals surface area contributed by atoms with Crippen molar-refractivity contribution in [1.29, 1.82) is 0 Å². The summed E-state index contributed by atoms with van der Waals surface area (Å²) in [6.07, 6.45) is 0. The first kappa shape index (κ1) is 32.1. The van der Waals surface area contributed by atoms with Crippen molar-refractivity contribution < 1.29 is 33.4 Å². The standard InChI is InChI=1S/C34H31N3O8S2/c1-4-43-24-16-20(12-15-23(24)45-17-25(38)35-22-9-7-6-8-18(22)3)26-27-29(46-30-28(26)47-34(42)36-30)32(40)37(31(27)39)21-13-10-19(11-14-21)33(41)44-5-2/h6-16,26-27,29H,4-5,17H2,1-3H3,(H,35,38)(H,36,42)/t26-,27-,29+/m0/s1. The quantitative estimate of drug-likeness (QED) is 0.173. The first-order chi connectivity index (χ1) is 22.7. The molecule has 3 aromatic carbocycles. The molecule has 0 bridgehead atoms. The van der Waals surface area contributed by atoms with Crippen molar-refractivity contribution in [3.05, 3.63) is 98.0 Å². The number of thiazole rings is 1. The summed E-state index contributed by atoms with van der Waals surface area (Å²) in [6.45, 7) is 5.68. The number of imide groups is 1. The van der Waals surface area contributed by atoms with Gasteiger partial charge in [-0.3, -0.25) is 19.2 Å². The summed E-state index contributed by atoms with van der Waals surface area (Å²) in [5.41, 5.74) is 2.89. The number of para-hydroxylation sites is 1. The van der Waals surface area contributed by atoms with Gasteiger partial charge in [-0.25, -0.2) is 9.69 Å². The molecule has 0 saturated carbocycles. The van der Waals surface area contributed by atoms with Crippen LogP contribution in [0.2, 0.25) is 0 Å². The Balaban J connectivity index is 1.30. The number of carbonyl (C=O) groups is 4. The van der Waals surface area contributed by atoms with Crippen molar-refractivity contribution in [2.24, 2.45) is 5.92 Å². The monoisotopic (exact) mass is 673 g/mol. The minimum Gasteiger partial charge on any atom is -0.490 e. The zero-order valence-corrected chi connectivity index (χ0v) is 27.4. The zero-order chi connectivity index (χ0) is 33.2. The number of hydrogen-bond donors (Lipinski definition) is 2. The van der Waals surface area contributed by atoms with E-state index in [1.165, 1.54) is 23.9 Å². The number of rotatable bonds is 10. The second kappa shape index (κ2) is 13.5. The summed E-state index contributed by atoms with van der Waals surface area (Å²) < 4.78 is 16.8. The van der Waals surface area contributed by atoms with Crippen LogP contribution in [0.4, 0.5) is 11.4 Å². The lowest BCUT2D eigenvalue weighted by Crippen LogP contribution is -2.32. The van der Waals surface area contributed by atoms with Crippen LogP contribution in [0.5, 0.6) is 11.5 Å². The molecule has 0 radical (unpaired) electrons. The molecule has 4 aromatic rings. The Morgan fingerprint density at radius 3 is 2.40 bits per heavy atom. The maximum absolute atomic E-state index is 14.1. The molecule has 6 rings (SSSR count). The van der Waals surface area contributed by atoms with Crippen LogP contribution >= 0.6 is 23.1 Å². The number of benzene rings is 3. The van der Waals surface area contributed by atoms with E-state index in [4.69, 9.17) is 14.2 Å². The highest BCUT2D eigenvalue weighted by atomic mass is 32.2. The van der Waals surface area contributed by atoms with Crippen LogP contribution < -0.4 is 24.6 Å². The van der Waals surface area contributed by atoms with Gasteiger partial charge < -0.3 is 24.5 Å². The number of nitrogens with zero attached hydrogens (tertiary/aromatic N) is 1. The van der Waals surface area contributed by atoms with Crippen molar-refractivity contribution in [2.45, 2.75) is 37.0 Å². The smallest absolute Gasteiger partial charge is 0.338 e. The van der Waals surface area contributed by atoms with Gasteiger partial charge in [0.05, 0.1) is 35.4 Å².